The lowest BCUT2D eigenvalue weighted by atomic mass is 9.94. The largest absolute Gasteiger partial charge is 0.436 e. The zero-order chi connectivity index (χ0) is 11.7. The monoisotopic (exact) mass is 227 g/mol. The molecule has 0 radical (unpaired) electrons. The summed E-state index contributed by atoms with van der Waals surface area (Å²) in [6, 6.07) is 0. The zero-order valence-electron chi connectivity index (χ0n) is 10.5. The van der Waals surface area contributed by atoms with E-state index in [-0.39, 0.29) is 5.41 Å². The van der Waals surface area contributed by atoms with Crippen molar-refractivity contribution in [1.82, 2.24) is 4.98 Å². The van der Waals surface area contributed by atoms with Gasteiger partial charge in [0.25, 0.3) is 5.22 Å². The molecule has 0 aliphatic carbocycles. The van der Waals surface area contributed by atoms with Gasteiger partial charge in [0, 0.05) is 11.2 Å². The van der Waals surface area contributed by atoms with Crippen LogP contribution in [-0.4, -0.2) is 10.7 Å². The van der Waals surface area contributed by atoms with Crippen LogP contribution in [0.5, 0.6) is 0 Å². The second kappa shape index (κ2) is 4.20. The molecule has 1 rings (SSSR count). The standard InChI is InChI=1S/C12H21NOS/c1-11(2,3)8-15-10-13-7-9(14-10)12(4,5)6/h7H,8H2,1-6H3. The summed E-state index contributed by atoms with van der Waals surface area (Å²) in [6.45, 7) is 13.0. The van der Waals surface area contributed by atoms with E-state index in [1.165, 1.54) is 0 Å². The van der Waals surface area contributed by atoms with Gasteiger partial charge in [0.1, 0.15) is 5.76 Å². The van der Waals surface area contributed by atoms with Gasteiger partial charge in [-0.25, -0.2) is 4.98 Å². The van der Waals surface area contributed by atoms with Gasteiger partial charge in [-0.05, 0) is 5.41 Å². The van der Waals surface area contributed by atoms with Gasteiger partial charge < -0.3 is 4.42 Å². The molecule has 1 aromatic heterocycles. The highest BCUT2D eigenvalue weighted by atomic mass is 32.2. The molecule has 0 N–H and O–H groups in total. The molecule has 0 saturated heterocycles. The number of hydrogen-bond donors (Lipinski definition) is 0. The fraction of sp³-hybridized carbons (Fsp3) is 0.750. The van der Waals surface area contributed by atoms with Gasteiger partial charge in [-0.15, -0.1) is 0 Å². The van der Waals surface area contributed by atoms with E-state index < -0.39 is 0 Å². The minimum absolute atomic E-state index is 0.0491. The highest BCUT2D eigenvalue weighted by Crippen LogP contribution is 2.30. The van der Waals surface area contributed by atoms with Crippen LogP contribution in [0.1, 0.15) is 47.3 Å². The van der Waals surface area contributed by atoms with E-state index in [9.17, 15) is 0 Å². The Labute approximate surface area is 96.9 Å². The van der Waals surface area contributed by atoms with E-state index in [1.807, 2.05) is 6.20 Å². The number of thioether (sulfide) groups is 1. The number of hydrogen-bond acceptors (Lipinski definition) is 3. The molecule has 15 heavy (non-hydrogen) atoms. The molecule has 0 bridgehead atoms. The van der Waals surface area contributed by atoms with Gasteiger partial charge in [0.05, 0.1) is 6.20 Å². The van der Waals surface area contributed by atoms with Crippen molar-refractivity contribution >= 4 is 11.8 Å². The van der Waals surface area contributed by atoms with Crippen molar-refractivity contribution in [1.29, 1.82) is 0 Å². The third kappa shape index (κ3) is 4.29. The maximum absolute atomic E-state index is 5.70. The molecule has 2 nitrogen and oxygen atoms in total. The second-order valence-corrected chi connectivity index (χ2v) is 7.02. The summed E-state index contributed by atoms with van der Waals surface area (Å²) in [5.74, 6) is 1.98. The molecule has 0 fully saturated rings. The summed E-state index contributed by atoms with van der Waals surface area (Å²) >= 11 is 1.69. The first-order valence-electron chi connectivity index (χ1n) is 5.28. The van der Waals surface area contributed by atoms with Crippen LogP contribution in [0.25, 0.3) is 0 Å². The van der Waals surface area contributed by atoms with Crippen LogP contribution in [0.4, 0.5) is 0 Å². The Bertz CT molecular complexity index is 317. The topological polar surface area (TPSA) is 26.0 Å². The lowest BCUT2D eigenvalue weighted by Gasteiger charge is -2.16. The van der Waals surface area contributed by atoms with Gasteiger partial charge >= 0.3 is 0 Å². The zero-order valence-corrected chi connectivity index (χ0v) is 11.4. The van der Waals surface area contributed by atoms with Crippen molar-refractivity contribution in [3.8, 4) is 0 Å². The quantitative estimate of drug-likeness (QED) is 0.711. The third-order valence-electron chi connectivity index (χ3n) is 1.85. The summed E-state index contributed by atoms with van der Waals surface area (Å²) in [7, 11) is 0. The summed E-state index contributed by atoms with van der Waals surface area (Å²) < 4.78 is 5.70. The summed E-state index contributed by atoms with van der Waals surface area (Å²) in [4.78, 5) is 4.28. The fourth-order valence-corrected chi connectivity index (χ4v) is 1.78. The minimum Gasteiger partial charge on any atom is -0.436 e. The van der Waals surface area contributed by atoms with Crippen molar-refractivity contribution in [3.63, 3.8) is 0 Å². The first-order chi connectivity index (χ1) is 6.68. The van der Waals surface area contributed by atoms with Crippen LogP contribution in [-0.2, 0) is 5.41 Å². The lowest BCUT2D eigenvalue weighted by Crippen LogP contribution is -2.09. The molecule has 1 aromatic rings. The maximum Gasteiger partial charge on any atom is 0.255 e. The smallest absolute Gasteiger partial charge is 0.255 e. The molecular weight excluding hydrogens is 206 g/mol. The molecule has 0 aromatic carbocycles. The van der Waals surface area contributed by atoms with Crippen molar-refractivity contribution in [2.24, 2.45) is 5.41 Å². The van der Waals surface area contributed by atoms with E-state index in [1.54, 1.807) is 11.8 Å². The fourth-order valence-electron chi connectivity index (χ4n) is 0.950. The van der Waals surface area contributed by atoms with E-state index in [0.29, 0.717) is 5.41 Å². The number of nitrogens with zero attached hydrogens (tertiary/aromatic N) is 1. The number of aromatic nitrogens is 1. The highest BCUT2D eigenvalue weighted by Gasteiger charge is 2.20. The maximum atomic E-state index is 5.70. The SMILES string of the molecule is CC(C)(C)CSc1ncc(C(C)(C)C)o1. The van der Waals surface area contributed by atoms with Crippen LogP contribution in [0, 0.1) is 5.41 Å². The molecule has 0 unspecified atom stereocenters. The van der Waals surface area contributed by atoms with Gasteiger partial charge in [-0.1, -0.05) is 53.3 Å². The van der Waals surface area contributed by atoms with Crippen molar-refractivity contribution in [2.45, 2.75) is 52.2 Å². The highest BCUT2D eigenvalue weighted by molar-refractivity contribution is 7.99. The van der Waals surface area contributed by atoms with Crippen LogP contribution < -0.4 is 0 Å². The summed E-state index contributed by atoms with van der Waals surface area (Å²) in [5, 5.41) is 0.787. The van der Waals surface area contributed by atoms with Gasteiger partial charge in [-0.3, -0.25) is 0 Å². The Morgan fingerprint density at radius 3 is 2.20 bits per heavy atom. The number of oxazole rings is 1. The molecule has 0 atom stereocenters. The Hall–Kier alpha value is -0.440. The number of rotatable bonds is 2. The van der Waals surface area contributed by atoms with Gasteiger partial charge in [-0.2, -0.15) is 0 Å². The Morgan fingerprint density at radius 1 is 1.20 bits per heavy atom. The van der Waals surface area contributed by atoms with Crippen molar-refractivity contribution in [3.05, 3.63) is 12.0 Å². The Balaban J connectivity index is 2.62. The predicted molar refractivity (Wildman–Crippen MR) is 65.4 cm³/mol. The van der Waals surface area contributed by atoms with E-state index >= 15 is 0 Å². The van der Waals surface area contributed by atoms with Crippen LogP contribution in [0.15, 0.2) is 15.8 Å². The van der Waals surface area contributed by atoms with Crippen molar-refractivity contribution in [2.75, 3.05) is 5.75 Å². The summed E-state index contributed by atoms with van der Waals surface area (Å²) in [5.41, 5.74) is 0.356. The molecule has 1 heterocycles. The Morgan fingerprint density at radius 2 is 1.80 bits per heavy atom. The summed E-state index contributed by atoms with van der Waals surface area (Å²) in [6.07, 6.45) is 1.84. The molecule has 0 aliphatic rings. The molecule has 0 amide bonds. The molecule has 0 saturated carbocycles. The lowest BCUT2D eigenvalue weighted by molar-refractivity contribution is 0.353. The van der Waals surface area contributed by atoms with Crippen LogP contribution in [0.2, 0.25) is 0 Å². The molecule has 3 heteroatoms. The molecule has 86 valence electrons. The first-order valence-corrected chi connectivity index (χ1v) is 6.26. The van der Waals surface area contributed by atoms with Gasteiger partial charge in [0.2, 0.25) is 0 Å². The van der Waals surface area contributed by atoms with Gasteiger partial charge in [0.15, 0.2) is 0 Å². The van der Waals surface area contributed by atoms with Crippen LogP contribution >= 0.6 is 11.8 Å². The van der Waals surface area contributed by atoms with E-state index in [4.69, 9.17) is 4.42 Å². The normalized spacial score (nSPS) is 13.2. The molecule has 0 spiro atoms. The predicted octanol–water partition coefficient (Wildman–Crippen LogP) is 4.11. The van der Waals surface area contributed by atoms with Crippen molar-refractivity contribution < 1.29 is 4.42 Å². The Kier molecular flexibility index (Phi) is 3.54. The average molecular weight is 227 g/mol. The molecule has 0 aliphatic heterocycles. The second-order valence-electron chi connectivity index (χ2n) is 6.09. The molecular formula is C12H21NOS. The van der Waals surface area contributed by atoms with E-state index in [0.717, 1.165) is 16.7 Å². The average Bonchev–Trinajstić information content (AvgIpc) is 2.45. The van der Waals surface area contributed by atoms with Crippen LogP contribution in [0.3, 0.4) is 0 Å². The third-order valence-corrected chi connectivity index (χ3v) is 3.30. The minimum atomic E-state index is 0.0491. The van der Waals surface area contributed by atoms with E-state index in [2.05, 4.69) is 46.5 Å². The first kappa shape index (κ1) is 12.6.